The predicted octanol–water partition coefficient (Wildman–Crippen LogP) is 2.65. The van der Waals surface area contributed by atoms with Crippen LogP contribution < -0.4 is 0 Å². The predicted molar refractivity (Wildman–Crippen MR) is 56.1 cm³/mol. The SMILES string of the molecule is Cc1cc(CCO)ccc1C(C)C. The number of aryl methyl sites for hydroxylation is 1. The Kier molecular flexibility index (Phi) is 3.49. The minimum Gasteiger partial charge on any atom is -0.396 e. The van der Waals surface area contributed by atoms with Crippen LogP contribution in [0.25, 0.3) is 0 Å². The van der Waals surface area contributed by atoms with Crippen LogP contribution in [0.2, 0.25) is 0 Å². The van der Waals surface area contributed by atoms with Crippen LogP contribution in [0.1, 0.15) is 36.5 Å². The highest BCUT2D eigenvalue weighted by Crippen LogP contribution is 2.19. The summed E-state index contributed by atoms with van der Waals surface area (Å²) in [6, 6.07) is 6.45. The van der Waals surface area contributed by atoms with E-state index >= 15 is 0 Å². The van der Waals surface area contributed by atoms with Crippen molar-refractivity contribution in [2.24, 2.45) is 0 Å². The fourth-order valence-electron chi connectivity index (χ4n) is 1.67. The third kappa shape index (κ3) is 2.56. The summed E-state index contributed by atoms with van der Waals surface area (Å²) in [4.78, 5) is 0. The van der Waals surface area contributed by atoms with Crippen LogP contribution in [0.15, 0.2) is 18.2 Å². The summed E-state index contributed by atoms with van der Waals surface area (Å²) in [5.74, 6) is 0.586. The van der Waals surface area contributed by atoms with Gasteiger partial charge in [-0.1, -0.05) is 32.0 Å². The highest BCUT2D eigenvalue weighted by Gasteiger charge is 2.03. The summed E-state index contributed by atoms with van der Waals surface area (Å²) >= 11 is 0. The molecule has 1 aromatic rings. The average Bonchev–Trinajstić information content (AvgIpc) is 2.04. The van der Waals surface area contributed by atoms with Gasteiger partial charge in [0.25, 0.3) is 0 Å². The van der Waals surface area contributed by atoms with Crippen molar-refractivity contribution in [2.45, 2.75) is 33.1 Å². The Bertz CT molecular complexity index is 276. The molecule has 0 aliphatic carbocycles. The van der Waals surface area contributed by atoms with E-state index in [1.165, 1.54) is 16.7 Å². The normalized spacial score (nSPS) is 10.8. The number of hydrogen-bond donors (Lipinski definition) is 1. The van der Waals surface area contributed by atoms with E-state index in [2.05, 4.69) is 39.0 Å². The van der Waals surface area contributed by atoms with E-state index in [0.717, 1.165) is 6.42 Å². The Labute approximate surface area is 80.4 Å². The summed E-state index contributed by atoms with van der Waals surface area (Å²) < 4.78 is 0. The molecule has 0 heterocycles. The van der Waals surface area contributed by atoms with Crippen molar-refractivity contribution in [2.75, 3.05) is 6.61 Å². The second kappa shape index (κ2) is 4.43. The van der Waals surface area contributed by atoms with E-state index in [9.17, 15) is 0 Å². The third-order valence-corrected chi connectivity index (χ3v) is 2.36. The topological polar surface area (TPSA) is 20.2 Å². The summed E-state index contributed by atoms with van der Waals surface area (Å²) in [7, 11) is 0. The minimum absolute atomic E-state index is 0.237. The fraction of sp³-hybridized carbons (Fsp3) is 0.500. The molecular weight excluding hydrogens is 160 g/mol. The molecule has 72 valence electrons. The molecular formula is C12H18O. The molecule has 0 aliphatic heterocycles. The first-order valence-electron chi connectivity index (χ1n) is 4.85. The van der Waals surface area contributed by atoms with Gasteiger partial charge >= 0.3 is 0 Å². The van der Waals surface area contributed by atoms with Crippen molar-refractivity contribution in [1.29, 1.82) is 0 Å². The van der Waals surface area contributed by atoms with E-state index in [4.69, 9.17) is 5.11 Å². The number of aliphatic hydroxyl groups excluding tert-OH is 1. The molecule has 0 bridgehead atoms. The number of aliphatic hydroxyl groups is 1. The van der Waals surface area contributed by atoms with Gasteiger partial charge in [-0.05, 0) is 36.0 Å². The summed E-state index contributed by atoms with van der Waals surface area (Å²) in [6.07, 6.45) is 0.763. The van der Waals surface area contributed by atoms with Crippen molar-refractivity contribution >= 4 is 0 Å². The molecule has 0 spiro atoms. The van der Waals surface area contributed by atoms with Gasteiger partial charge in [0.05, 0.1) is 0 Å². The zero-order chi connectivity index (χ0) is 9.84. The zero-order valence-corrected chi connectivity index (χ0v) is 8.67. The van der Waals surface area contributed by atoms with E-state index in [0.29, 0.717) is 5.92 Å². The molecule has 1 rings (SSSR count). The maximum Gasteiger partial charge on any atom is 0.0471 e. The van der Waals surface area contributed by atoms with Crippen molar-refractivity contribution in [1.82, 2.24) is 0 Å². The van der Waals surface area contributed by atoms with Crippen molar-refractivity contribution in [3.05, 3.63) is 34.9 Å². The lowest BCUT2D eigenvalue weighted by molar-refractivity contribution is 0.299. The summed E-state index contributed by atoms with van der Waals surface area (Å²) in [5, 5.41) is 8.79. The lowest BCUT2D eigenvalue weighted by Crippen LogP contribution is -1.96. The summed E-state index contributed by atoms with van der Waals surface area (Å²) in [5.41, 5.74) is 3.96. The number of benzene rings is 1. The third-order valence-electron chi connectivity index (χ3n) is 2.36. The molecule has 0 radical (unpaired) electrons. The number of rotatable bonds is 3. The fourth-order valence-corrected chi connectivity index (χ4v) is 1.67. The molecule has 0 aromatic heterocycles. The van der Waals surface area contributed by atoms with Crippen LogP contribution in [0, 0.1) is 6.92 Å². The van der Waals surface area contributed by atoms with Crippen LogP contribution in [-0.2, 0) is 6.42 Å². The Hall–Kier alpha value is -0.820. The maximum absolute atomic E-state index is 8.79. The lowest BCUT2D eigenvalue weighted by atomic mass is 9.95. The van der Waals surface area contributed by atoms with Gasteiger partial charge < -0.3 is 5.11 Å². The van der Waals surface area contributed by atoms with Gasteiger partial charge in [-0.3, -0.25) is 0 Å². The Balaban J connectivity index is 2.92. The molecule has 0 amide bonds. The molecule has 1 heteroatoms. The van der Waals surface area contributed by atoms with Gasteiger partial charge in [-0.2, -0.15) is 0 Å². The van der Waals surface area contributed by atoms with E-state index in [-0.39, 0.29) is 6.61 Å². The largest absolute Gasteiger partial charge is 0.396 e. The first-order valence-corrected chi connectivity index (χ1v) is 4.85. The average molecular weight is 178 g/mol. The Morgan fingerprint density at radius 2 is 2.00 bits per heavy atom. The molecule has 0 saturated carbocycles. The molecule has 0 fully saturated rings. The highest BCUT2D eigenvalue weighted by atomic mass is 16.2. The number of hydrogen-bond acceptors (Lipinski definition) is 1. The van der Waals surface area contributed by atoms with Gasteiger partial charge in [0.2, 0.25) is 0 Å². The first kappa shape index (κ1) is 10.3. The standard InChI is InChI=1S/C12H18O/c1-9(2)12-5-4-11(6-7-13)8-10(12)3/h4-5,8-9,13H,6-7H2,1-3H3. The lowest BCUT2D eigenvalue weighted by Gasteiger charge is -2.10. The van der Waals surface area contributed by atoms with Gasteiger partial charge in [0.15, 0.2) is 0 Å². The maximum atomic E-state index is 8.79. The van der Waals surface area contributed by atoms with Crippen LogP contribution >= 0.6 is 0 Å². The van der Waals surface area contributed by atoms with E-state index < -0.39 is 0 Å². The second-order valence-corrected chi connectivity index (χ2v) is 3.82. The van der Waals surface area contributed by atoms with Gasteiger partial charge in [0, 0.05) is 6.61 Å². The van der Waals surface area contributed by atoms with Gasteiger partial charge in [-0.15, -0.1) is 0 Å². The molecule has 0 saturated heterocycles. The van der Waals surface area contributed by atoms with Crippen molar-refractivity contribution < 1.29 is 5.11 Å². The highest BCUT2D eigenvalue weighted by molar-refractivity contribution is 5.33. The zero-order valence-electron chi connectivity index (χ0n) is 8.67. The molecule has 0 unspecified atom stereocenters. The van der Waals surface area contributed by atoms with Gasteiger partial charge in [-0.25, -0.2) is 0 Å². The van der Waals surface area contributed by atoms with E-state index in [1.807, 2.05) is 0 Å². The van der Waals surface area contributed by atoms with Crippen LogP contribution in [0.4, 0.5) is 0 Å². The van der Waals surface area contributed by atoms with Crippen molar-refractivity contribution in [3.8, 4) is 0 Å². The van der Waals surface area contributed by atoms with E-state index in [1.54, 1.807) is 0 Å². The Morgan fingerprint density at radius 3 is 2.46 bits per heavy atom. The quantitative estimate of drug-likeness (QED) is 0.754. The van der Waals surface area contributed by atoms with Crippen LogP contribution in [-0.4, -0.2) is 11.7 Å². The molecule has 0 atom stereocenters. The second-order valence-electron chi connectivity index (χ2n) is 3.82. The first-order chi connectivity index (χ1) is 6.15. The molecule has 0 aliphatic rings. The summed E-state index contributed by atoms with van der Waals surface area (Å²) in [6.45, 7) is 6.78. The molecule has 1 nitrogen and oxygen atoms in total. The Morgan fingerprint density at radius 1 is 1.31 bits per heavy atom. The molecule has 1 aromatic carbocycles. The smallest absolute Gasteiger partial charge is 0.0471 e. The van der Waals surface area contributed by atoms with Crippen LogP contribution in [0.5, 0.6) is 0 Å². The van der Waals surface area contributed by atoms with Crippen molar-refractivity contribution in [3.63, 3.8) is 0 Å². The monoisotopic (exact) mass is 178 g/mol. The van der Waals surface area contributed by atoms with Gasteiger partial charge in [0.1, 0.15) is 0 Å². The molecule has 13 heavy (non-hydrogen) atoms. The minimum atomic E-state index is 0.237. The van der Waals surface area contributed by atoms with Crippen LogP contribution in [0.3, 0.4) is 0 Å². The molecule has 1 N–H and O–H groups in total.